The van der Waals surface area contributed by atoms with Gasteiger partial charge in [0.1, 0.15) is 5.82 Å². The van der Waals surface area contributed by atoms with E-state index < -0.39 is 0 Å². The number of halogens is 1. The summed E-state index contributed by atoms with van der Waals surface area (Å²) in [6, 6.07) is 5.17. The second kappa shape index (κ2) is 7.59. The van der Waals surface area contributed by atoms with E-state index in [1.165, 1.54) is 12.5 Å². The number of likely N-dealkylation sites (tertiary alicyclic amines) is 1. The zero-order valence-corrected chi connectivity index (χ0v) is 12.9. The van der Waals surface area contributed by atoms with Crippen molar-refractivity contribution in [2.45, 2.75) is 33.2 Å². The van der Waals surface area contributed by atoms with Crippen LogP contribution < -0.4 is 0 Å². The van der Waals surface area contributed by atoms with Crippen molar-refractivity contribution in [3.05, 3.63) is 35.1 Å². The van der Waals surface area contributed by atoms with E-state index in [0.29, 0.717) is 12.0 Å². The minimum absolute atomic E-state index is 0.0126. The molecule has 1 fully saturated rings. The summed E-state index contributed by atoms with van der Waals surface area (Å²) in [5, 5.41) is 8.72. The first-order valence-corrected chi connectivity index (χ1v) is 7.70. The molecule has 1 N–H and O–H groups in total. The first-order valence-electron chi connectivity index (χ1n) is 7.70. The summed E-state index contributed by atoms with van der Waals surface area (Å²) in [4.78, 5) is 2.43. The highest BCUT2D eigenvalue weighted by Gasteiger charge is 2.24. The number of hydrogen-bond acceptors (Lipinski definition) is 2. The van der Waals surface area contributed by atoms with Gasteiger partial charge in [-0.25, -0.2) is 4.39 Å². The van der Waals surface area contributed by atoms with Crippen LogP contribution in [0, 0.1) is 29.5 Å². The van der Waals surface area contributed by atoms with Crippen molar-refractivity contribution in [3.63, 3.8) is 0 Å². The molecule has 21 heavy (non-hydrogen) atoms. The van der Waals surface area contributed by atoms with E-state index >= 15 is 0 Å². The van der Waals surface area contributed by atoms with Gasteiger partial charge in [-0.3, -0.25) is 4.90 Å². The van der Waals surface area contributed by atoms with Crippen LogP contribution in [0.2, 0.25) is 0 Å². The highest BCUT2D eigenvalue weighted by Crippen LogP contribution is 2.25. The van der Waals surface area contributed by atoms with Crippen LogP contribution in [0.3, 0.4) is 0 Å². The third kappa shape index (κ3) is 4.56. The van der Waals surface area contributed by atoms with Gasteiger partial charge in [-0.05, 0) is 42.5 Å². The number of aliphatic hydroxyl groups is 1. The molecule has 1 aromatic rings. The number of hydrogen-bond donors (Lipinski definition) is 1. The molecule has 0 aromatic heterocycles. The minimum Gasteiger partial charge on any atom is -0.395 e. The van der Waals surface area contributed by atoms with Gasteiger partial charge in [-0.1, -0.05) is 31.8 Å². The van der Waals surface area contributed by atoms with Crippen LogP contribution in [-0.2, 0) is 6.54 Å². The highest BCUT2D eigenvalue weighted by molar-refractivity contribution is 5.38. The summed E-state index contributed by atoms with van der Waals surface area (Å²) < 4.78 is 13.7. The monoisotopic (exact) mass is 289 g/mol. The van der Waals surface area contributed by atoms with Gasteiger partial charge in [0.25, 0.3) is 0 Å². The van der Waals surface area contributed by atoms with E-state index in [4.69, 9.17) is 5.11 Å². The van der Waals surface area contributed by atoms with E-state index in [9.17, 15) is 4.39 Å². The maximum Gasteiger partial charge on any atom is 0.138 e. The largest absolute Gasteiger partial charge is 0.395 e. The fraction of sp³-hybridized carbons (Fsp3) is 0.556. The summed E-state index contributed by atoms with van der Waals surface area (Å²) in [6.07, 6.45) is 1.63. The van der Waals surface area contributed by atoms with E-state index in [2.05, 4.69) is 30.6 Å². The molecule has 1 aliphatic heterocycles. The molecule has 1 atom stereocenters. The molecule has 2 rings (SSSR count). The lowest BCUT2D eigenvalue weighted by Crippen LogP contribution is -2.21. The van der Waals surface area contributed by atoms with Crippen LogP contribution >= 0.6 is 0 Å². The van der Waals surface area contributed by atoms with Gasteiger partial charge in [-0.2, -0.15) is 0 Å². The Labute approximate surface area is 127 Å². The van der Waals surface area contributed by atoms with E-state index in [0.717, 1.165) is 37.0 Å². The topological polar surface area (TPSA) is 23.5 Å². The summed E-state index contributed by atoms with van der Waals surface area (Å²) in [5.74, 6) is 6.80. The van der Waals surface area contributed by atoms with Gasteiger partial charge < -0.3 is 5.11 Å². The summed E-state index contributed by atoms with van der Waals surface area (Å²) in [7, 11) is 0. The van der Waals surface area contributed by atoms with Gasteiger partial charge in [-0.15, -0.1) is 0 Å². The summed E-state index contributed by atoms with van der Waals surface area (Å²) >= 11 is 0. The van der Waals surface area contributed by atoms with Crippen LogP contribution in [0.4, 0.5) is 4.39 Å². The van der Waals surface area contributed by atoms with Crippen molar-refractivity contribution in [2.24, 2.45) is 11.8 Å². The molecule has 1 saturated heterocycles. The normalized spacial score (nSPS) is 18.8. The quantitative estimate of drug-likeness (QED) is 0.861. The summed E-state index contributed by atoms with van der Waals surface area (Å²) in [6.45, 7) is 7.67. The lowest BCUT2D eigenvalue weighted by atomic mass is 9.95. The first-order chi connectivity index (χ1) is 10.1. The van der Waals surface area contributed by atoms with Gasteiger partial charge in [0.2, 0.25) is 0 Å². The average molecular weight is 289 g/mol. The van der Waals surface area contributed by atoms with Crippen LogP contribution in [0.15, 0.2) is 18.2 Å². The van der Waals surface area contributed by atoms with Crippen molar-refractivity contribution in [3.8, 4) is 11.8 Å². The molecule has 114 valence electrons. The molecule has 0 bridgehead atoms. The van der Waals surface area contributed by atoms with Crippen molar-refractivity contribution in [1.82, 2.24) is 4.90 Å². The SMILES string of the molecule is CC(C)C1CCN(Cc2ccc(F)c(C#CCCO)c2)C1. The Morgan fingerprint density at radius 2 is 2.24 bits per heavy atom. The molecule has 1 aliphatic rings. The second-order valence-corrected chi connectivity index (χ2v) is 6.12. The Bertz CT molecular complexity index is 530. The van der Waals surface area contributed by atoms with Crippen molar-refractivity contribution >= 4 is 0 Å². The Balaban J connectivity index is 2.01. The Hall–Kier alpha value is -1.37. The molecule has 2 nitrogen and oxygen atoms in total. The molecule has 0 saturated carbocycles. The Morgan fingerprint density at radius 3 is 2.90 bits per heavy atom. The van der Waals surface area contributed by atoms with Crippen molar-refractivity contribution in [1.29, 1.82) is 0 Å². The maximum atomic E-state index is 13.7. The first kappa shape index (κ1) is 16.0. The number of benzene rings is 1. The summed E-state index contributed by atoms with van der Waals surface area (Å²) in [5.41, 5.74) is 1.54. The van der Waals surface area contributed by atoms with Gasteiger partial charge >= 0.3 is 0 Å². The van der Waals surface area contributed by atoms with Crippen LogP contribution in [0.5, 0.6) is 0 Å². The molecule has 0 amide bonds. The lowest BCUT2D eigenvalue weighted by molar-refractivity contribution is 0.296. The third-order valence-electron chi connectivity index (χ3n) is 4.15. The Morgan fingerprint density at radius 1 is 1.43 bits per heavy atom. The third-order valence-corrected chi connectivity index (χ3v) is 4.15. The molecule has 3 heteroatoms. The Kier molecular flexibility index (Phi) is 5.78. The fourth-order valence-corrected chi connectivity index (χ4v) is 2.79. The van der Waals surface area contributed by atoms with Crippen molar-refractivity contribution < 1.29 is 9.50 Å². The number of rotatable bonds is 4. The molecule has 0 spiro atoms. The molecule has 0 aliphatic carbocycles. The molecule has 0 radical (unpaired) electrons. The standard InChI is InChI=1S/C18H24FNO/c1-14(2)17-8-9-20(13-17)12-15-6-7-18(19)16(11-15)5-3-4-10-21/h6-7,11,14,17,21H,4,8-10,12-13H2,1-2H3. The molecular weight excluding hydrogens is 265 g/mol. The zero-order chi connectivity index (χ0) is 15.2. The number of aliphatic hydroxyl groups excluding tert-OH is 1. The van der Waals surface area contributed by atoms with Gasteiger partial charge in [0.05, 0.1) is 12.2 Å². The average Bonchev–Trinajstić information content (AvgIpc) is 2.91. The number of nitrogens with zero attached hydrogens (tertiary/aromatic N) is 1. The highest BCUT2D eigenvalue weighted by atomic mass is 19.1. The molecule has 1 unspecified atom stereocenters. The van der Waals surface area contributed by atoms with E-state index in [1.807, 2.05) is 12.1 Å². The second-order valence-electron chi connectivity index (χ2n) is 6.12. The minimum atomic E-state index is -0.286. The van der Waals surface area contributed by atoms with Crippen molar-refractivity contribution in [2.75, 3.05) is 19.7 Å². The van der Waals surface area contributed by atoms with Crippen LogP contribution in [0.1, 0.15) is 37.8 Å². The van der Waals surface area contributed by atoms with Gasteiger partial charge in [0, 0.05) is 19.5 Å². The fourth-order valence-electron chi connectivity index (χ4n) is 2.79. The van der Waals surface area contributed by atoms with Crippen LogP contribution in [0.25, 0.3) is 0 Å². The van der Waals surface area contributed by atoms with Gasteiger partial charge in [0.15, 0.2) is 0 Å². The van der Waals surface area contributed by atoms with E-state index in [-0.39, 0.29) is 12.4 Å². The zero-order valence-electron chi connectivity index (χ0n) is 12.9. The maximum absolute atomic E-state index is 13.7. The molecule has 1 aromatic carbocycles. The van der Waals surface area contributed by atoms with E-state index in [1.54, 1.807) is 0 Å². The molecule has 1 heterocycles. The predicted octanol–water partition coefficient (Wildman–Crippen LogP) is 3.04. The predicted molar refractivity (Wildman–Crippen MR) is 83.2 cm³/mol. The molecular formula is C18H24FNO. The van der Waals surface area contributed by atoms with Crippen LogP contribution in [-0.4, -0.2) is 29.7 Å². The lowest BCUT2D eigenvalue weighted by Gasteiger charge is -2.18. The smallest absolute Gasteiger partial charge is 0.138 e.